The summed E-state index contributed by atoms with van der Waals surface area (Å²) in [4.78, 5) is 43.0. The van der Waals surface area contributed by atoms with Gasteiger partial charge in [0.2, 0.25) is 5.95 Å². The first-order valence-corrected chi connectivity index (χ1v) is 13.3. The van der Waals surface area contributed by atoms with Gasteiger partial charge in [0.25, 0.3) is 11.5 Å². The zero-order valence-corrected chi connectivity index (χ0v) is 23.1. The lowest BCUT2D eigenvalue weighted by Gasteiger charge is -2.44. The number of H-pyrrole nitrogens is 1. The van der Waals surface area contributed by atoms with E-state index in [-0.39, 0.29) is 34.5 Å². The van der Waals surface area contributed by atoms with Gasteiger partial charge in [0, 0.05) is 74.0 Å². The Hall–Kier alpha value is -4.03. The van der Waals surface area contributed by atoms with E-state index in [0.717, 1.165) is 0 Å². The van der Waals surface area contributed by atoms with Crippen molar-refractivity contribution in [2.75, 3.05) is 68.7 Å². The smallest absolute Gasteiger partial charge is 0.260 e. The Labute approximate surface area is 231 Å². The molecule has 12 heteroatoms. The third-order valence-electron chi connectivity index (χ3n) is 7.63. The highest BCUT2D eigenvalue weighted by Crippen LogP contribution is 2.36. The number of nitrogens with zero attached hydrogens (tertiary/aromatic N) is 5. The molecule has 4 heterocycles. The average Bonchev–Trinajstić information content (AvgIpc) is 2.96. The van der Waals surface area contributed by atoms with E-state index in [4.69, 9.17) is 9.47 Å². The molecule has 2 aromatic heterocycles. The van der Waals surface area contributed by atoms with Crippen LogP contribution in [0.15, 0.2) is 41.6 Å². The summed E-state index contributed by atoms with van der Waals surface area (Å²) in [5.41, 5.74) is 1.50. The molecule has 2 unspecified atom stereocenters. The standard InChI is InChI=1S/C28H34FN7O4/c1-17-15-36(16-18(2)34(17)3)24-10-22(29)20(19-12-31-28(32-13-19)35-5-7-40-8-6-35)9-23(24)33-27(38)21-14-30-26(37)11-25(21)39-4/h9-14,17-18H,5-8,15-16H2,1-4H3,(H,30,37)(H,33,38). The van der Waals surface area contributed by atoms with Crippen LogP contribution in [-0.2, 0) is 4.74 Å². The fraction of sp³-hybridized carbons (Fsp3) is 0.429. The van der Waals surface area contributed by atoms with Crippen LogP contribution in [0.5, 0.6) is 5.75 Å². The van der Waals surface area contributed by atoms with Gasteiger partial charge >= 0.3 is 0 Å². The molecule has 2 fully saturated rings. The van der Waals surface area contributed by atoms with Crippen LogP contribution in [0.25, 0.3) is 11.1 Å². The first-order chi connectivity index (χ1) is 19.2. The number of morpholine rings is 1. The minimum Gasteiger partial charge on any atom is -0.496 e. The molecule has 2 N–H and O–H groups in total. The second-order valence-electron chi connectivity index (χ2n) is 10.2. The minimum atomic E-state index is -0.499. The van der Waals surface area contributed by atoms with Crippen LogP contribution in [0.3, 0.4) is 0 Å². The van der Waals surface area contributed by atoms with E-state index in [1.165, 1.54) is 25.4 Å². The summed E-state index contributed by atoms with van der Waals surface area (Å²) in [5, 5.41) is 2.93. The monoisotopic (exact) mass is 551 g/mol. The number of piperazine rings is 1. The van der Waals surface area contributed by atoms with E-state index in [9.17, 15) is 9.59 Å². The number of nitrogens with one attached hydrogen (secondary N) is 2. The fourth-order valence-electron chi connectivity index (χ4n) is 5.12. The maximum atomic E-state index is 15.7. The Kier molecular flexibility index (Phi) is 7.99. The molecular weight excluding hydrogens is 517 g/mol. The third-order valence-corrected chi connectivity index (χ3v) is 7.63. The molecule has 2 aliphatic heterocycles. The van der Waals surface area contributed by atoms with Crippen molar-refractivity contribution in [2.45, 2.75) is 25.9 Å². The number of pyridine rings is 1. The van der Waals surface area contributed by atoms with E-state index in [1.807, 2.05) is 4.90 Å². The summed E-state index contributed by atoms with van der Waals surface area (Å²) in [6.07, 6.45) is 4.48. The molecule has 2 aliphatic rings. The van der Waals surface area contributed by atoms with Crippen molar-refractivity contribution < 1.29 is 18.7 Å². The van der Waals surface area contributed by atoms with Crippen LogP contribution in [0.2, 0.25) is 0 Å². The molecule has 1 aromatic carbocycles. The second kappa shape index (κ2) is 11.6. The van der Waals surface area contributed by atoms with E-state index >= 15 is 4.39 Å². The van der Waals surface area contributed by atoms with Gasteiger partial charge in [-0.15, -0.1) is 0 Å². The van der Waals surface area contributed by atoms with Gasteiger partial charge in [-0.2, -0.15) is 0 Å². The minimum absolute atomic E-state index is 0.138. The summed E-state index contributed by atoms with van der Waals surface area (Å²) >= 11 is 0. The molecular formula is C28H34FN7O4. The Morgan fingerprint density at radius 3 is 2.42 bits per heavy atom. The number of aromatic nitrogens is 3. The van der Waals surface area contributed by atoms with Gasteiger partial charge < -0.3 is 29.6 Å². The molecule has 11 nitrogen and oxygen atoms in total. The Bertz CT molecular complexity index is 1410. The highest BCUT2D eigenvalue weighted by Gasteiger charge is 2.29. The summed E-state index contributed by atoms with van der Waals surface area (Å²) in [5.74, 6) is -0.250. The van der Waals surface area contributed by atoms with Crippen LogP contribution >= 0.6 is 0 Å². The van der Waals surface area contributed by atoms with E-state index < -0.39 is 11.7 Å². The number of likely N-dealkylation sites (N-methyl/N-ethyl adjacent to an activating group) is 1. The molecule has 1 amide bonds. The lowest BCUT2D eigenvalue weighted by molar-refractivity contribution is 0.102. The molecule has 3 aromatic rings. The van der Waals surface area contributed by atoms with Crippen molar-refractivity contribution >= 4 is 23.2 Å². The van der Waals surface area contributed by atoms with E-state index in [0.29, 0.717) is 62.3 Å². The number of methoxy groups -OCH3 is 1. The summed E-state index contributed by atoms with van der Waals surface area (Å²) in [6, 6.07) is 4.71. The molecule has 0 radical (unpaired) electrons. The molecule has 212 valence electrons. The van der Waals surface area contributed by atoms with Crippen LogP contribution in [0.4, 0.5) is 21.7 Å². The zero-order chi connectivity index (χ0) is 28.4. The number of hydrogen-bond acceptors (Lipinski definition) is 9. The average molecular weight is 552 g/mol. The molecule has 0 aliphatic carbocycles. The van der Waals surface area contributed by atoms with Gasteiger partial charge in [-0.3, -0.25) is 14.5 Å². The van der Waals surface area contributed by atoms with Crippen molar-refractivity contribution in [1.82, 2.24) is 19.9 Å². The van der Waals surface area contributed by atoms with Crippen LogP contribution in [0, 0.1) is 5.82 Å². The third kappa shape index (κ3) is 5.63. The number of hydrogen-bond donors (Lipinski definition) is 2. The Morgan fingerprint density at radius 1 is 1.10 bits per heavy atom. The van der Waals surface area contributed by atoms with Crippen LogP contribution in [-0.4, -0.2) is 91.4 Å². The zero-order valence-electron chi connectivity index (χ0n) is 23.1. The molecule has 2 saturated heterocycles. The fourth-order valence-corrected chi connectivity index (χ4v) is 5.12. The largest absolute Gasteiger partial charge is 0.496 e. The molecule has 40 heavy (non-hydrogen) atoms. The predicted molar refractivity (Wildman–Crippen MR) is 151 cm³/mol. The number of aromatic amines is 1. The maximum Gasteiger partial charge on any atom is 0.260 e. The first kappa shape index (κ1) is 27.5. The molecule has 5 rings (SSSR count). The number of halogens is 1. The number of anilines is 3. The normalized spacial score (nSPS) is 19.9. The van der Waals surface area contributed by atoms with Crippen LogP contribution < -0.4 is 25.4 Å². The topological polar surface area (TPSA) is 116 Å². The maximum absolute atomic E-state index is 15.7. The number of rotatable bonds is 6. The van der Waals surface area contributed by atoms with Gasteiger partial charge in [0.1, 0.15) is 11.6 Å². The summed E-state index contributed by atoms with van der Waals surface area (Å²) < 4.78 is 26.4. The number of carbonyl (C=O) groups excluding carboxylic acids is 1. The Balaban J connectivity index is 1.52. The van der Waals surface area contributed by atoms with Crippen molar-refractivity contribution in [1.29, 1.82) is 0 Å². The van der Waals surface area contributed by atoms with Crippen molar-refractivity contribution in [3.8, 4) is 16.9 Å². The van der Waals surface area contributed by atoms with Gasteiger partial charge in [-0.25, -0.2) is 14.4 Å². The predicted octanol–water partition coefficient (Wildman–Crippen LogP) is 2.60. The summed E-state index contributed by atoms with van der Waals surface area (Å²) in [7, 11) is 3.46. The Morgan fingerprint density at radius 2 is 1.77 bits per heavy atom. The van der Waals surface area contributed by atoms with Crippen molar-refractivity contribution in [2.24, 2.45) is 0 Å². The number of benzene rings is 1. The van der Waals surface area contributed by atoms with Gasteiger partial charge in [0.05, 0.1) is 37.3 Å². The van der Waals surface area contributed by atoms with E-state index in [1.54, 1.807) is 18.5 Å². The highest BCUT2D eigenvalue weighted by molar-refractivity contribution is 6.08. The number of carbonyl (C=O) groups is 1. The lowest BCUT2D eigenvalue weighted by atomic mass is 10.0. The molecule has 2 atom stereocenters. The van der Waals surface area contributed by atoms with E-state index in [2.05, 4.69) is 51.0 Å². The van der Waals surface area contributed by atoms with Gasteiger partial charge in [-0.05, 0) is 33.0 Å². The van der Waals surface area contributed by atoms with Crippen molar-refractivity contribution in [3.05, 3.63) is 58.5 Å². The quantitative estimate of drug-likeness (QED) is 0.477. The SMILES string of the molecule is COc1cc(=O)[nH]cc1C(=O)Nc1cc(-c2cnc(N3CCOCC3)nc2)c(F)cc1N1CC(C)N(C)C(C)C1. The lowest BCUT2D eigenvalue weighted by Crippen LogP contribution is -2.55. The molecule has 0 bridgehead atoms. The second-order valence-corrected chi connectivity index (χ2v) is 10.2. The van der Waals surface area contributed by atoms with Crippen molar-refractivity contribution in [3.63, 3.8) is 0 Å². The number of ether oxygens (including phenoxy) is 2. The molecule has 0 saturated carbocycles. The van der Waals surface area contributed by atoms with Gasteiger partial charge in [0.15, 0.2) is 0 Å². The number of amides is 1. The van der Waals surface area contributed by atoms with Crippen LogP contribution in [0.1, 0.15) is 24.2 Å². The molecule has 0 spiro atoms. The summed E-state index contributed by atoms with van der Waals surface area (Å²) in [6.45, 7) is 8.13. The highest BCUT2D eigenvalue weighted by atomic mass is 19.1. The first-order valence-electron chi connectivity index (χ1n) is 13.3. The van der Waals surface area contributed by atoms with Gasteiger partial charge in [-0.1, -0.05) is 0 Å².